The Morgan fingerprint density at radius 1 is 0.966 bits per heavy atom. The Kier molecular flexibility index (Phi) is 5.48. The van der Waals surface area contributed by atoms with Gasteiger partial charge in [-0.25, -0.2) is 0 Å². The van der Waals surface area contributed by atoms with Gasteiger partial charge in [0.15, 0.2) is 0 Å². The first kappa shape index (κ1) is 21.3. The number of phenols is 1. The van der Waals surface area contributed by atoms with Crippen LogP contribution in [0, 0.1) is 0 Å². The molecule has 0 radical (unpaired) electrons. The molecular weight excluding hydrogens is 378 g/mol. The first-order chi connectivity index (χ1) is 13.4. The number of aromatic hydroxyl groups is 1. The van der Waals surface area contributed by atoms with Crippen LogP contribution in [0.2, 0.25) is 0 Å². The second-order valence-electron chi connectivity index (χ2n) is 9.62. The van der Waals surface area contributed by atoms with Gasteiger partial charge >= 0.3 is 0 Å². The van der Waals surface area contributed by atoms with Crippen molar-refractivity contribution in [2.45, 2.75) is 59.3 Å². The topological polar surface area (TPSA) is 49.9 Å². The smallest absolute Gasteiger partial charge is 0.211 e. The van der Waals surface area contributed by atoms with Crippen LogP contribution >= 0.6 is 11.3 Å². The molecule has 154 valence electrons. The quantitative estimate of drug-likeness (QED) is 0.418. The van der Waals surface area contributed by atoms with E-state index in [1.807, 2.05) is 38.2 Å². The van der Waals surface area contributed by atoms with Crippen LogP contribution in [0.3, 0.4) is 0 Å². The molecule has 0 unspecified atom stereocenters. The fourth-order valence-corrected chi connectivity index (χ4v) is 4.31. The standard InChI is InChI=1S/C24H31N3OS/c1-15(25-26-22-27(8)19-11-9-10-12-20(19)29-22)16-13-17(23(2,3)4)21(28)18(14-16)24(5,6)7/h9-14,28H,1-8H3/b25-15+,26-22-. The largest absolute Gasteiger partial charge is 0.507 e. The molecular formula is C24H31N3OS. The summed E-state index contributed by atoms with van der Waals surface area (Å²) in [5.41, 5.74) is 4.50. The van der Waals surface area contributed by atoms with Crippen molar-refractivity contribution >= 4 is 27.3 Å². The minimum absolute atomic E-state index is 0.171. The Balaban J connectivity index is 2.15. The first-order valence-corrected chi connectivity index (χ1v) is 10.7. The van der Waals surface area contributed by atoms with Crippen LogP contribution in [-0.4, -0.2) is 15.4 Å². The summed E-state index contributed by atoms with van der Waals surface area (Å²) < 4.78 is 3.26. The van der Waals surface area contributed by atoms with Gasteiger partial charge in [-0.05, 0) is 47.6 Å². The average molecular weight is 410 g/mol. The van der Waals surface area contributed by atoms with Crippen molar-refractivity contribution < 1.29 is 5.11 Å². The van der Waals surface area contributed by atoms with Crippen molar-refractivity contribution in [3.05, 3.63) is 57.9 Å². The normalized spacial score (nSPS) is 14.1. The third kappa shape index (κ3) is 4.30. The van der Waals surface area contributed by atoms with E-state index in [0.29, 0.717) is 5.75 Å². The minimum Gasteiger partial charge on any atom is -0.507 e. The molecule has 0 aliphatic rings. The van der Waals surface area contributed by atoms with Crippen molar-refractivity contribution in [1.82, 2.24) is 4.57 Å². The van der Waals surface area contributed by atoms with Crippen molar-refractivity contribution in [3.63, 3.8) is 0 Å². The van der Waals surface area contributed by atoms with Gasteiger partial charge < -0.3 is 9.67 Å². The predicted molar refractivity (Wildman–Crippen MR) is 124 cm³/mol. The predicted octanol–water partition coefficient (Wildman–Crippen LogP) is 5.87. The molecule has 1 N–H and O–H groups in total. The van der Waals surface area contributed by atoms with E-state index in [-0.39, 0.29) is 10.8 Å². The van der Waals surface area contributed by atoms with Crippen molar-refractivity contribution in [2.24, 2.45) is 17.3 Å². The van der Waals surface area contributed by atoms with Crippen molar-refractivity contribution in [1.29, 1.82) is 0 Å². The van der Waals surface area contributed by atoms with E-state index in [0.717, 1.165) is 32.7 Å². The van der Waals surface area contributed by atoms with Gasteiger partial charge in [0.2, 0.25) is 4.80 Å². The number of thiazole rings is 1. The van der Waals surface area contributed by atoms with Gasteiger partial charge in [0, 0.05) is 18.2 Å². The van der Waals surface area contributed by atoms with Gasteiger partial charge in [-0.2, -0.15) is 5.10 Å². The lowest BCUT2D eigenvalue weighted by Gasteiger charge is -2.28. The molecule has 5 heteroatoms. The molecule has 0 fully saturated rings. The summed E-state index contributed by atoms with van der Waals surface area (Å²) in [6.45, 7) is 14.7. The van der Waals surface area contributed by atoms with Gasteiger partial charge in [0.1, 0.15) is 5.75 Å². The summed E-state index contributed by atoms with van der Waals surface area (Å²) in [5, 5.41) is 20.0. The lowest BCUT2D eigenvalue weighted by Crippen LogP contribution is -2.18. The summed E-state index contributed by atoms with van der Waals surface area (Å²) >= 11 is 1.63. The van der Waals surface area contributed by atoms with E-state index in [1.165, 1.54) is 4.70 Å². The number of para-hydroxylation sites is 1. The zero-order valence-corrected chi connectivity index (χ0v) is 19.5. The van der Waals surface area contributed by atoms with Crippen LogP contribution in [0.15, 0.2) is 46.6 Å². The molecule has 0 bridgehead atoms. The van der Waals surface area contributed by atoms with Crippen LogP contribution in [0.25, 0.3) is 10.2 Å². The zero-order valence-electron chi connectivity index (χ0n) is 18.7. The zero-order chi connectivity index (χ0) is 21.6. The summed E-state index contributed by atoms with van der Waals surface area (Å²) in [7, 11) is 2.01. The van der Waals surface area contributed by atoms with Crippen LogP contribution in [0.5, 0.6) is 5.75 Å². The third-order valence-electron chi connectivity index (χ3n) is 5.14. The maximum atomic E-state index is 10.9. The number of rotatable bonds is 2. The van der Waals surface area contributed by atoms with E-state index in [2.05, 4.69) is 68.4 Å². The molecule has 0 aliphatic carbocycles. The summed E-state index contributed by atoms with van der Waals surface area (Å²) in [5.74, 6) is 0.384. The van der Waals surface area contributed by atoms with E-state index in [9.17, 15) is 5.11 Å². The Morgan fingerprint density at radius 3 is 2.03 bits per heavy atom. The molecule has 0 atom stereocenters. The van der Waals surface area contributed by atoms with E-state index in [1.54, 1.807) is 11.3 Å². The van der Waals surface area contributed by atoms with E-state index >= 15 is 0 Å². The highest BCUT2D eigenvalue weighted by molar-refractivity contribution is 7.16. The first-order valence-electron chi connectivity index (χ1n) is 9.91. The molecule has 0 aliphatic heterocycles. The van der Waals surface area contributed by atoms with Gasteiger partial charge in [-0.15, -0.1) is 5.10 Å². The number of nitrogens with zero attached hydrogens (tertiary/aromatic N) is 3. The molecule has 29 heavy (non-hydrogen) atoms. The molecule has 0 spiro atoms. The summed E-state index contributed by atoms with van der Waals surface area (Å²) in [6, 6.07) is 12.3. The second kappa shape index (κ2) is 7.45. The molecule has 2 aromatic carbocycles. The fourth-order valence-electron chi connectivity index (χ4n) is 3.34. The highest BCUT2D eigenvalue weighted by atomic mass is 32.1. The van der Waals surface area contributed by atoms with Crippen LogP contribution in [0.1, 0.15) is 65.2 Å². The number of aryl methyl sites for hydroxylation is 1. The van der Waals surface area contributed by atoms with Gasteiger partial charge in [-0.3, -0.25) is 0 Å². The lowest BCUT2D eigenvalue weighted by atomic mass is 9.78. The number of hydrogen-bond donors (Lipinski definition) is 1. The SMILES string of the molecule is C/C(=N\N=c1/sc2ccccc2n1C)c1cc(C(C)(C)C)c(O)c(C(C)(C)C)c1. The Morgan fingerprint density at radius 2 is 1.52 bits per heavy atom. The Labute approximate surface area is 177 Å². The van der Waals surface area contributed by atoms with Crippen LogP contribution in [0.4, 0.5) is 0 Å². The van der Waals surface area contributed by atoms with Gasteiger partial charge in [0.25, 0.3) is 0 Å². The number of aromatic nitrogens is 1. The fraction of sp³-hybridized carbons (Fsp3) is 0.417. The lowest BCUT2D eigenvalue weighted by molar-refractivity contribution is 0.423. The molecule has 0 saturated carbocycles. The molecule has 3 rings (SSSR count). The second-order valence-corrected chi connectivity index (χ2v) is 10.6. The van der Waals surface area contributed by atoms with E-state index in [4.69, 9.17) is 0 Å². The molecule has 3 aromatic rings. The number of phenolic OH excluding ortho intramolecular Hbond substituents is 1. The summed E-state index contributed by atoms with van der Waals surface area (Å²) in [4.78, 5) is 0.858. The van der Waals surface area contributed by atoms with Gasteiger partial charge in [-0.1, -0.05) is 65.0 Å². The van der Waals surface area contributed by atoms with E-state index < -0.39 is 0 Å². The highest BCUT2D eigenvalue weighted by Gasteiger charge is 2.26. The molecule has 0 amide bonds. The average Bonchev–Trinajstić information content (AvgIpc) is 2.94. The van der Waals surface area contributed by atoms with Crippen LogP contribution in [-0.2, 0) is 17.9 Å². The van der Waals surface area contributed by atoms with Crippen molar-refractivity contribution in [2.75, 3.05) is 0 Å². The Hall–Kier alpha value is -2.40. The van der Waals surface area contributed by atoms with Crippen LogP contribution < -0.4 is 4.80 Å². The molecule has 1 aromatic heterocycles. The molecule has 0 saturated heterocycles. The number of hydrogen-bond acceptors (Lipinski definition) is 4. The Bertz CT molecular complexity index is 1120. The summed E-state index contributed by atoms with van der Waals surface area (Å²) in [6.07, 6.45) is 0. The highest BCUT2D eigenvalue weighted by Crippen LogP contribution is 2.39. The number of fused-ring (bicyclic) bond motifs is 1. The maximum absolute atomic E-state index is 10.9. The minimum atomic E-state index is -0.171. The molecule has 1 heterocycles. The van der Waals surface area contributed by atoms with Crippen molar-refractivity contribution in [3.8, 4) is 5.75 Å². The third-order valence-corrected chi connectivity index (χ3v) is 6.25. The monoisotopic (exact) mass is 409 g/mol. The molecule has 4 nitrogen and oxygen atoms in total. The van der Waals surface area contributed by atoms with Gasteiger partial charge in [0.05, 0.1) is 15.9 Å². The number of benzene rings is 2. The maximum Gasteiger partial charge on any atom is 0.211 e.